The van der Waals surface area contributed by atoms with Crippen molar-refractivity contribution in [2.24, 2.45) is 0 Å². The van der Waals surface area contributed by atoms with Gasteiger partial charge in [-0.2, -0.15) is 4.37 Å². The molecule has 0 spiro atoms. The van der Waals surface area contributed by atoms with Crippen LogP contribution in [0.4, 0.5) is 5.13 Å². The van der Waals surface area contributed by atoms with E-state index < -0.39 is 0 Å². The second-order valence-electron chi connectivity index (χ2n) is 4.43. The van der Waals surface area contributed by atoms with Crippen molar-refractivity contribution in [3.8, 4) is 5.75 Å². The number of anilines is 1. The molecule has 4 nitrogen and oxygen atoms in total. The lowest BCUT2D eigenvalue weighted by molar-refractivity contribution is 0.414. The van der Waals surface area contributed by atoms with Gasteiger partial charge in [0.1, 0.15) is 11.6 Å². The van der Waals surface area contributed by atoms with E-state index >= 15 is 0 Å². The zero-order chi connectivity index (χ0) is 12.4. The lowest BCUT2D eigenvalue weighted by atomic mass is 10.2. The fourth-order valence-corrected chi connectivity index (χ4v) is 2.38. The summed E-state index contributed by atoms with van der Waals surface area (Å²) in [6.07, 6.45) is 2.49. The Kier molecular flexibility index (Phi) is 3.15. The summed E-state index contributed by atoms with van der Waals surface area (Å²) in [7, 11) is 1.67. The molecule has 2 aromatic rings. The van der Waals surface area contributed by atoms with Crippen molar-refractivity contribution in [3.63, 3.8) is 0 Å². The summed E-state index contributed by atoms with van der Waals surface area (Å²) in [4.78, 5) is 4.49. The number of benzene rings is 1. The van der Waals surface area contributed by atoms with Gasteiger partial charge in [0, 0.05) is 24.0 Å². The molecule has 5 heteroatoms. The fourth-order valence-electron chi connectivity index (χ4n) is 1.74. The molecule has 0 aliphatic heterocycles. The molecule has 0 amide bonds. The van der Waals surface area contributed by atoms with Gasteiger partial charge >= 0.3 is 0 Å². The van der Waals surface area contributed by atoms with Gasteiger partial charge in [-0.1, -0.05) is 12.1 Å². The highest BCUT2D eigenvalue weighted by Gasteiger charge is 2.27. The van der Waals surface area contributed by atoms with Crippen LogP contribution in [0.5, 0.6) is 5.75 Å². The van der Waals surface area contributed by atoms with Gasteiger partial charge in [0.05, 0.1) is 7.11 Å². The van der Waals surface area contributed by atoms with Crippen LogP contribution < -0.4 is 10.1 Å². The maximum absolute atomic E-state index is 5.13. The molecule has 0 saturated heterocycles. The maximum Gasteiger partial charge on any atom is 0.202 e. The average molecular weight is 261 g/mol. The topological polar surface area (TPSA) is 47.0 Å². The van der Waals surface area contributed by atoms with E-state index in [1.54, 1.807) is 7.11 Å². The summed E-state index contributed by atoms with van der Waals surface area (Å²) in [5, 5.41) is 4.22. The summed E-state index contributed by atoms with van der Waals surface area (Å²) in [6, 6.07) is 8.03. The predicted molar refractivity (Wildman–Crippen MR) is 72.2 cm³/mol. The number of methoxy groups -OCH3 is 1. The molecule has 1 saturated carbocycles. The van der Waals surface area contributed by atoms with E-state index in [4.69, 9.17) is 4.74 Å². The molecule has 18 heavy (non-hydrogen) atoms. The van der Waals surface area contributed by atoms with E-state index in [2.05, 4.69) is 26.8 Å². The first-order valence-corrected chi connectivity index (χ1v) is 6.83. The van der Waals surface area contributed by atoms with Crippen molar-refractivity contribution in [1.82, 2.24) is 9.36 Å². The lowest BCUT2D eigenvalue weighted by Crippen LogP contribution is -1.99. The van der Waals surface area contributed by atoms with E-state index in [9.17, 15) is 0 Å². The van der Waals surface area contributed by atoms with Gasteiger partial charge in [-0.05, 0) is 30.5 Å². The van der Waals surface area contributed by atoms with Crippen LogP contribution in [0.3, 0.4) is 0 Å². The number of rotatable bonds is 5. The fraction of sp³-hybridized carbons (Fsp3) is 0.385. The van der Waals surface area contributed by atoms with Gasteiger partial charge < -0.3 is 10.1 Å². The third-order valence-electron chi connectivity index (χ3n) is 2.99. The van der Waals surface area contributed by atoms with Gasteiger partial charge in [-0.25, -0.2) is 4.98 Å². The van der Waals surface area contributed by atoms with Gasteiger partial charge in [-0.15, -0.1) is 0 Å². The van der Waals surface area contributed by atoms with Gasteiger partial charge in [-0.3, -0.25) is 0 Å². The van der Waals surface area contributed by atoms with Crippen molar-refractivity contribution >= 4 is 16.7 Å². The highest BCUT2D eigenvalue weighted by Crippen LogP contribution is 2.39. The molecule has 94 valence electrons. The molecule has 1 aromatic carbocycles. The monoisotopic (exact) mass is 261 g/mol. The Hall–Kier alpha value is -1.62. The van der Waals surface area contributed by atoms with E-state index in [0.29, 0.717) is 5.92 Å². The first-order valence-electron chi connectivity index (χ1n) is 6.05. The zero-order valence-corrected chi connectivity index (χ0v) is 11.0. The van der Waals surface area contributed by atoms with Crippen LogP contribution in [0.25, 0.3) is 0 Å². The molecule has 0 atom stereocenters. The van der Waals surface area contributed by atoms with Gasteiger partial charge in [0.2, 0.25) is 5.13 Å². The molecule has 1 aromatic heterocycles. The van der Waals surface area contributed by atoms with Crippen LogP contribution in [-0.2, 0) is 6.54 Å². The highest BCUT2D eigenvalue weighted by atomic mass is 32.1. The molecule has 1 aliphatic carbocycles. The van der Waals surface area contributed by atoms with E-state index in [1.807, 2.05) is 12.1 Å². The SMILES string of the molecule is COc1ccc(CNc2nc(C3CC3)ns2)cc1. The maximum atomic E-state index is 5.13. The minimum Gasteiger partial charge on any atom is -0.497 e. The Morgan fingerprint density at radius 2 is 2.11 bits per heavy atom. The zero-order valence-electron chi connectivity index (χ0n) is 10.2. The molecule has 1 heterocycles. The van der Waals surface area contributed by atoms with Crippen molar-refractivity contribution in [2.75, 3.05) is 12.4 Å². The Balaban J connectivity index is 1.58. The average Bonchev–Trinajstić information content (AvgIpc) is 3.16. The molecular formula is C13H15N3OS. The second-order valence-corrected chi connectivity index (χ2v) is 5.19. The van der Waals surface area contributed by atoms with Gasteiger partial charge in [0.15, 0.2) is 0 Å². The number of aromatic nitrogens is 2. The Morgan fingerprint density at radius 3 is 2.78 bits per heavy atom. The number of nitrogens with one attached hydrogen (secondary N) is 1. The standard InChI is InChI=1S/C13H15N3OS/c1-17-11-6-2-9(3-7-11)8-14-13-15-12(16-18-13)10-4-5-10/h2-3,6-7,10H,4-5,8H2,1H3,(H,14,15,16). The second kappa shape index (κ2) is 4.94. The number of hydrogen-bond acceptors (Lipinski definition) is 5. The van der Waals surface area contributed by atoms with Gasteiger partial charge in [0.25, 0.3) is 0 Å². The molecule has 0 bridgehead atoms. The lowest BCUT2D eigenvalue weighted by Gasteiger charge is -2.03. The molecule has 1 fully saturated rings. The predicted octanol–water partition coefficient (Wildman–Crippen LogP) is 3.04. The molecule has 1 N–H and O–H groups in total. The molecule has 3 rings (SSSR count). The van der Waals surface area contributed by atoms with Crippen molar-refractivity contribution in [3.05, 3.63) is 35.7 Å². The van der Waals surface area contributed by atoms with Crippen LogP contribution in [-0.4, -0.2) is 16.5 Å². The molecular weight excluding hydrogens is 246 g/mol. The summed E-state index contributed by atoms with van der Waals surface area (Å²) in [5.74, 6) is 2.51. The van der Waals surface area contributed by atoms with Crippen LogP contribution in [0, 0.1) is 0 Å². The minimum absolute atomic E-state index is 0.623. The van der Waals surface area contributed by atoms with Crippen molar-refractivity contribution in [2.45, 2.75) is 25.3 Å². The third kappa shape index (κ3) is 2.61. The molecule has 0 radical (unpaired) electrons. The summed E-state index contributed by atoms with van der Waals surface area (Å²) >= 11 is 1.45. The van der Waals surface area contributed by atoms with Crippen molar-refractivity contribution < 1.29 is 4.74 Å². The van der Waals surface area contributed by atoms with E-state index in [1.165, 1.54) is 29.9 Å². The smallest absolute Gasteiger partial charge is 0.202 e. The van der Waals surface area contributed by atoms with E-state index in [-0.39, 0.29) is 0 Å². The van der Waals surface area contributed by atoms with Crippen LogP contribution in [0.2, 0.25) is 0 Å². The normalized spacial score (nSPS) is 14.5. The van der Waals surface area contributed by atoms with E-state index in [0.717, 1.165) is 23.3 Å². The summed E-state index contributed by atoms with van der Waals surface area (Å²) in [6.45, 7) is 0.767. The quantitative estimate of drug-likeness (QED) is 0.898. The minimum atomic E-state index is 0.623. The first kappa shape index (κ1) is 11.5. The van der Waals surface area contributed by atoms with Crippen molar-refractivity contribution in [1.29, 1.82) is 0 Å². The Bertz CT molecular complexity index is 519. The number of nitrogens with zero attached hydrogens (tertiary/aromatic N) is 2. The first-order chi connectivity index (χ1) is 8.85. The third-order valence-corrected chi connectivity index (χ3v) is 3.67. The van der Waals surface area contributed by atoms with Crippen LogP contribution in [0.1, 0.15) is 30.1 Å². The Labute approximate surface area is 110 Å². The van der Waals surface area contributed by atoms with Crippen LogP contribution >= 0.6 is 11.5 Å². The summed E-state index contributed by atoms with van der Waals surface area (Å²) < 4.78 is 9.49. The molecule has 1 aliphatic rings. The number of hydrogen-bond donors (Lipinski definition) is 1. The van der Waals surface area contributed by atoms with Crippen LogP contribution in [0.15, 0.2) is 24.3 Å². The summed E-state index contributed by atoms with van der Waals surface area (Å²) in [5.41, 5.74) is 1.21. The number of ether oxygens (including phenoxy) is 1. The largest absolute Gasteiger partial charge is 0.497 e. The molecule has 0 unspecified atom stereocenters. The highest BCUT2D eigenvalue weighted by molar-refractivity contribution is 7.09. The Morgan fingerprint density at radius 1 is 1.33 bits per heavy atom.